The van der Waals surface area contributed by atoms with Crippen molar-refractivity contribution in [3.8, 4) is 16.9 Å². The number of amides is 1. The number of carbonyl (C=O) groups is 1. The average Bonchev–Trinajstić information content (AvgIpc) is 3.18. The van der Waals surface area contributed by atoms with Crippen molar-refractivity contribution in [2.24, 2.45) is 5.92 Å². The normalized spacial score (nSPS) is 14.8. The van der Waals surface area contributed by atoms with Crippen LogP contribution >= 0.6 is 0 Å². The summed E-state index contributed by atoms with van der Waals surface area (Å²) in [6.07, 6.45) is 11.5. The van der Waals surface area contributed by atoms with E-state index >= 15 is 0 Å². The van der Waals surface area contributed by atoms with Crippen LogP contribution in [0.25, 0.3) is 11.1 Å². The lowest BCUT2D eigenvalue weighted by molar-refractivity contribution is 0.0641. The van der Waals surface area contributed by atoms with Crippen LogP contribution in [0.1, 0.15) is 87.2 Å². The first-order valence-corrected chi connectivity index (χ1v) is 13.4. The standard InChI is InChI=1S/C29H39N5O3/c1-20-11-12-23(37-16-8-14-29(2,3)36)19-24(20)22-13-15-30-25(18-22)32-28(35)27-31-26(33-34-27)17-21-9-6-4-5-7-10-21/h11-13,15,18-19,21,36H,4-10,14,16-17H2,1-3H3,(H,30,32,35)(H,31,33,34). The molecule has 1 saturated carbocycles. The number of rotatable bonds is 10. The number of hydrogen-bond acceptors (Lipinski definition) is 6. The number of nitrogens with one attached hydrogen (secondary N) is 2. The SMILES string of the molecule is Cc1ccc(OCCCC(C)(C)O)cc1-c1ccnc(NC(=O)c2nnc(CC3CCCCCC3)[nH]2)c1. The van der Waals surface area contributed by atoms with E-state index in [2.05, 4.69) is 25.5 Å². The first-order valence-electron chi connectivity index (χ1n) is 13.4. The summed E-state index contributed by atoms with van der Waals surface area (Å²) in [5.41, 5.74) is 2.33. The minimum absolute atomic E-state index is 0.202. The predicted molar refractivity (Wildman–Crippen MR) is 145 cm³/mol. The number of aliphatic hydroxyl groups is 1. The molecule has 1 aliphatic rings. The summed E-state index contributed by atoms with van der Waals surface area (Å²) in [7, 11) is 0. The van der Waals surface area contributed by atoms with Gasteiger partial charge >= 0.3 is 0 Å². The van der Waals surface area contributed by atoms with Crippen molar-refractivity contribution in [3.63, 3.8) is 0 Å². The summed E-state index contributed by atoms with van der Waals surface area (Å²) in [6, 6.07) is 9.72. The number of nitrogens with zero attached hydrogens (tertiary/aromatic N) is 3. The number of aromatic nitrogens is 4. The first-order chi connectivity index (χ1) is 17.8. The van der Waals surface area contributed by atoms with Gasteiger partial charge in [-0.1, -0.05) is 44.6 Å². The van der Waals surface area contributed by atoms with Crippen LogP contribution in [-0.2, 0) is 6.42 Å². The number of H-pyrrole nitrogens is 1. The summed E-state index contributed by atoms with van der Waals surface area (Å²) in [4.78, 5) is 20.3. The molecule has 0 saturated heterocycles. The Morgan fingerprint density at radius 2 is 1.92 bits per heavy atom. The van der Waals surface area contributed by atoms with E-state index in [-0.39, 0.29) is 11.7 Å². The van der Waals surface area contributed by atoms with Gasteiger partial charge in [-0.05, 0) is 80.5 Å². The van der Waals surface area contributed by atoms with Crippen molar-refractivity contribution in [1.82, 2.24) is 20.2 Å². The molecule has 198 valence electrons. The van der Waals surface area contributed by atoms with E-state index in [1.54, 1.807) is 20.0 Å². The molecule has 37 heavy (non-hydrogen) atoms. The van der Waals surface area contributed by atoms with Gasteiger partial charge in [0.2, 0.25) is 5.82 Å². The minimum Gasteiger partial charge on any atom is -0.494 e. The monoisotopic (exact) mass is 505 g/mol. The van der Waals surface area contributed by atoms with Gasteiger partial charge in [-0.25, -0.2) is 4.98 Å². The van der Waals surface area contributed by atoms with Gasteiger partial charge in [-0.15, -0.1) is 10.2 Å². The van der Waals surface area contributed by atoms with Gasteiger partial charge in [-0.2, -0.15) is 0 Å². The number of pyridine rings is 1. The molecular weight excluding hydrogens is 466 g/mol. The molecule has 8 heteroatoms. The van der Waals surface area contributed by atoms with E-state index in [9.17, 15) is 9.90 Å². The van der Waals surface area contributed by atoms with Crippen molar-refractivity contribution < 1.29 is 14.6 Å². The quantitative estimate of drug-likeness (QED) is 0.235. The van der Waals surface area contributed by atoms with Crippen LogP contribution < -0.4 is 10.1 Å². The molecule has 0 spiro atoms. The summed E-state index contributed by atoms with van der Waals surface area (Å²) in [5, 5.41) is 21.0. The highest BCUT2D eigenvalue weighted by atomic mass is 16.5. The second-order valence-electron chi connectivity index (χ2n) is 10.8. The van der Waals surface area contributed by atoms with E-state index < -0.39 is 5.60 Å². The Morgan fingerprint density at radius 3 is 2.68 bits per heavy atom. The molecule has 1 aliphatic carbocycles. The number of carbonyl (C=O) groups excluding carboxylic acids is 1. The molecule has 0 bridgehead atoms. The third-order valence-corrected chi connectivity index (χ3v) is 6.93. The number of aryl methyl sites for hydroxylation is 1. The highest BCUT2D eigenvalue weighted by Crippen LogP contribution is 2.29. The van der Waals surface area contributed by atoms with Gasteiger partial charge in [-0.3, -0.25) is 4.79 Å². The molecule has 2 heterocycles. The van der Waals surface area contributed by atoms with E-state index in [4.69, 9.17) is 4.74 Å². The number of anilines is 1. The summed E-state index contributed by atoms with van der Waals surface area (Å²) in [5.74, 6) is 2.43. The Kier molecular flexibility index (Phi) is 8.92. The van der Waals surface area contributed by atoms with Gasteiger partial charge in [0.1, 0.15) is 17.4 Å². The van der Waals surface area contributed by atoms with Crippen LogP contribution in [0, 0.1) is 12.8 Å². The van der Waals surface area contributed by atoms with E-state index in [1.807, 2.05) is 37.3 Å². The average molecular weight is 506 g/mol. The first kappa shape index (κ1) is 26.8. The van der Waals surface area contributed by atoms with E-state index in [0.29, 0.717) is 24.8 Å². The van der Waals surface area contributed by atoms with Gasteiger partial charge in [0.05, 0.1) is 12.2 Å². The van der Waals surface area contributed by atoms with Gasteiger partial charge in [0, 0.05) is 12.6 Å². The van der Waals surface area contributed by atoms with Crippen molar-refractivity contribution in [2.75, 3.05) is 11.9 Å². The summed E-state index contributed by atoms with van der Waals surface area (Å²) in [6.45, 7) is 6.17. The summed E-state index contributed by atoms with van der Waals surface area (Å²) < 4.78 is 5.92. The molecule has 8 nitrogen and oxygen atoms in total. The third kappa shape index (κ3) is 8.12. The van der Waals surface area contributed by atoms with Crippen LogP contribution in [0.2, 0.25) is 0 Å². The van der Waals surface area contributed by atoms with Crippen molar-refractivity contribution >= 4 is 11.7 Å². The number of aromatic amines is 1. The Bertz CT molecular complexity index is 1180. The Hall–Kier alpha value is -3.26. The molecule has 0 radical (unpaired) electrons. The smallest absolute Gasteiger partial charge is 0.294 e. The molecule has 0 aliphatic heterocycles. The third-order valence-electron chi connectivity index (χ3n) is 6.93. The van der Waals surface area contributed by atoms with Crippen LogP contribution in [0.15, 0.2) is 36.5 Å². The molecule has 1 amide bonds. The van der Waals surface area contributed by atoms with Crippen molar-refractivity contribution in [1.29, 1.82) is 0 Å². The second kappa shape index (κ2) is 12.3. The largest absolute Gasteiger partial charge is 0.494 e. The zero-order valence-corrected chi connectivity index (χ0v) is 22.2. The van der Waals surface area contributed by atoms with Crippen LogP contribution in [0.4, 0.5) is 5.82 Å². The molecule has 3 aromatic rings. The minimum atomic E-state index is -0.693. The highest BCUT2D eigenvalue weighted by Gasteiger charge is 2.18. The molecule has 4 rings (SSSR count). The highest BCUT2D eigenvalue weighted by molar-refractivity contribution is 6.01. The number of benzene rings is 1. The van der Waals surface area contributed by atoms with Gasteiger partial charge < -0.3 is 20.1 Å². The molecular formula is C29H39N5O3. The topological polar surface area (TPSA) is 113 Å². The van der Waals surface area contributed by atoms with Crippen LogP contribution in [0.3, 0.4) is 0 Å². The lowest BCUT2D eigenvalue weighted by Crippen LogP contribution is -2.19. The zero-order chi connectivity index (χ0) is 26.3. The van der Waals surface area contributed by atoms with Crippen molar-refractivity contribution in [2.45, 2.75) is 84.2 Å². The van der Waals surface area contributed by atoms with Crippen molar-refractivity contribution in [3.05, 3.63) is 53.7 Å². The van der Waals surface area contributed by atoms with Crippen LogP contribution in [-0.4, -0.2) is 43.4 Å². The molecule has 1 aromatic carbocycles. The maximum Gasteiger partial charge on any atom is 0.294 e. The lowest BCUT2D eigenvalue weighted by Gasteiger charge is -2.17. The fourth-order valence-corrected chi connectivity index (χ4v) is 4.87. The zero-order valence-electron chi connectivity index (χ0n) is 22.2. The molecule has 3 N–H and O–H groups in total. The van der Waals surface area contributed by atoms with Gasteiger partial charge in [0.15, 0.2) is 0 Å². The Morgan fingerprint density at radius 1 is 1.14 bits per heavy atom. The predicted octanol–water partition coefficient (Wildman–Crippen LogP) is 5.87. The molecule has 2 aromatic heterocycles. The maximum atomic E-state index is 12.8. The van der Waals surface area contributed by atoms with E-state index in [1.165, 1.54) is 38.5 Å². The second-order valence-corrected chi connectivity index (χ2v) is 10.8. The molecule has 0 unspecified atom stereocenters. The number of ether oxygens (including phenoxy) is 1. The lowest BCUT2D eigenvalue weighted by atomic mass is 9.96. The fraction of sp³-hybridized carbons (Fsp3) is 0.517. The fourth-order valence-electron chi connectivity index (χ4n) is 4.87. The molecule has 1 fully saturated rings. The Labute approximate surface area is 219 Å². The molecule has 0 atom stereocenters. The maximum absolute atomic E-state index is 12.8. The van der Waals surface area contributed by atoms with E-state index in [0.717, 1.165) is 41.1 Å². The Balaban J connectivity index is 1.39. The van der Waals surface area contributed by atoms with Gasteiger partial charge in [0.25, 0.3) is 5.91 Å². The van der Waals surface area contributed by atoms with Crippen LogP contribution in [0.5, 0.6) is 5.75 Å². The number of hydrogen-bond donors (Lipinski definition) is 3. The summed E-state index contributed by atoms with van der Waals surface area (Å²) >= 11 is 0.